The van der Waals surface area contributed by atoms with Crippen molar-refractivity contribution in [3.63, 3.8) is 0 Å². The molecule has 6 heteroatoms. The Labute approximate surface area is 173 Å². The smallest absolute Gasteiger partial charge is 0.232 e. The first-order chi connectivity index (χ1) is 13.8. The Bertz CT molecular complexity index is 678. The number of hydrogen-bond acceptors (Lipinski definition) is 5. The molecule has 1 aromatic carbocycles. The number of amides is 2. The van der Waals surface area contributed by atoms with Crippen LogP contribution in [0.4, 0.5) is 0 Å². The highest BCUT2D eigenvalue weighted by Gasteiger charge is 2.41. The quantitative estimate of drug-likeness (QED) is 0.396. The van der Waals surface area contributed by atoms with E-state index in [-0.39, 0.29) is 36.0 Å². The molecule has 29 heavy (non-hydrogen) atoms. The molecule has 0 bridgehead atoms. The van der Waals surface area contributed by atoms with Crippen molar-refractivity contribution in [2.24, 2.45) is 11.8 Å². The Morgan fingerprint density at radius 3 is 2.03 bits per heavy atom. The summed E-state index contributed by atoms with van der Waals surface area (Å²) in [6.07, 6.45) is 0.797. The van der Waals surface area contributed by atoms with Crippen molar-refractivity contribution in [3.05, 3.63) is 35.4 Å². The van der Waals surface area contributed by atoms with E-state index in [4.69, 9.17) is 9.47 Å². The Kier molecular flexibility index (Phi) is 8.99. The SMILES string of the molecule is CC(C)c1ccc(CC(=O)CCOCCOCCN2C(=O)C(C)C(C)C2=O)cc1. The van der Waals surface area contributed by atoms with Gasteiger partial charge in [0.05, 0.1) is 33.0 Å². The maximum atomic E-state index is 12.0. The number of benzene rings is 1. The highest BCUT2D eigenvalue weighted by Crippen LogP contribution is 2.24. The Morgan fingerprint density at radius 2 is 1.48 bits per heavy atom. The zero-order valence-corrected chi connectivity index (χ0v) is 18.0. The van der Waals surface area contributed by atoms with Crippen LogP contribution < -0.4 is 0 Å². The van der Waals surface area contributed by atoms with Crippen molar-refractivity contribution in [3.8, 4) is 0 Å². The monoisotopic (exact) mass is 403 g/mol. The van der Waals surface area contributed by atoms with Crippen LogP contribution in [0.3, 0.4) is 0 Å². The third kappa shape index (κ3) is 6.75. The van der Waals surface area contributed by atoms with Crippen LogP contribution >= 0.6 is 0 Å². The molecule has 0 aromatic heterocycles. The zero-order chi connectivity index (χ0) is 21.4. The molecular formula is C23H33NO5. The summed E-state index contributed by atoms with van der Waals surface area (Å²) in [5.74, 6) is -0.122. The first kappa shape index (κ1) is 23.2. The minimum atomic E-state index is -0.253. The second kappa shape index (κ2) is 11.2. The number of Topliss-reactive ketones (excluding diaryl/α,β-unsaturated/α-hetero) is 1. The van der Waals surface area contributed by atoms with E-state index < -0.39 is 0 Å². The van der Waals surface area contributed by atoms with Crippen LogP contribution in [0.25, 0.3) is 0 Å². The van der Waals surface area contributed by atoms with Gasteiger partial charge in [-0.05, 0) is 17.0 Å². The molecule has 0 aliphatic carbocycles. The molecule has 1 aromatic rings. The largest absolute Gasteiger partial charge is 0.379 e. The summed E-state index contributed by atoms with van der Waals surface area (Å²) in [5.41, 5.74) is 2.30. The number of hydrogen-bond donors (Lipinski definition) is 0. The number of carbonyl (C=O) groups excluding carboxylic acids is 3. The molecule has 2 atom stereocenters. The van der Waals surface area contributed by atoms with Crippen LogP contribution in [0.15, 0.2) is 24.3 Å². The zero-order valence-electron chi connectivity index (χ0n) is 18.0. The molecule has 1 aliphatic rings. The van der Waals surface area contributed by atoms with E-state index in [0.717, 1.165) is 5.56 Å². The van der Waals surface area contributed by atoms with Gasteiger partial charge >= 0.3 is 0 Å². The van der Waals surface area contributed by atoms with Gasteiger partial charge in [-0.15, -0.1) is 0 Å². The van der Waals surface area contributed by atoms with E-state index in [1.54, 1.807) is 13.8 Å². The van der Waals surface area contributed by atoms with E-state index in [2.05, 4.69) is 26.0 Å². The fourth-order valence-corrected chi connectivity index (χ4v) is 3.25. The van der Waals surface area contributed by atoms with Crippen molar-refractivity contribution in [2.75, 3.05) is 33.0 Å². The summed E-state index contributed by atoms with van der Waals surface area (Å²) in [5, 5.41) is 0. The molecule has 0 N–H and O–H groups in total. The lowest BCUT2D eigenvalue weighted by molar-refractivity contribution is -0.140. The maximum Gasteiger partial charge on any atom is 0.232 e. The van der Waals surface area contributed by atoms with Gasteiger partial charge < -0.3 is 9.47 Å². The van der Waals surface area contributed by atoms with Crippen molar-refractivity contribution >= 4 is 17.6 Å². The lowest BCUT2D eigenvalue weighted by atomic mass is 10.00. The first-order valence-corrected chi connectivity index (χ1v) is 10.4. The predicted molar refractivity (Wildman–Crippen MR) is 111 cm³/mol. The van der Waals surface area contributed by atoms with Crippen LogP contribution in [-0.4, -0.2) is 55.5 Å². The Morgan fingerprint density at radius 1 is 0.931 bits per heavy atom. The number of ketones is 1. The van der Waals surface area contributed by atoms with Crippen molar-refractivity contribution in [2.45, 2.75) is 46.5 Å². The molecule has 0 saturated carbocycles. The van der Waals surface area contributed by atoms with E-state index >= 15 is 0 Å². The second-order valence-electron chi connectivity index (χ2n) is 7.99. The van der Waals surface area contributed by atoms with Gasteiger partial charge in [0.25, 0.3) is 0 Å². The number of likely N-dealkylation sites (tertiary alicyclic amines) is 1. The summed E-state index contributed by atoms with van der Waals surface area (Å²) in [6.45, 7) is 9.54. The summed E-state index contributed by atoms with van der Waals surface area (Å²) in [6, 6.07) is 8.18. The number of nitrogens with zero attached hydrogens (tertiary/aromatic N) is 1. The van der Waals surface area contributed by atoms with Crippen LogP contribution in [0.2, 0.25) is 0 Å². The van der Waals surface area contributed by atoms with E-state index in [9.17, 15) is 14.4 Å². The van der Waals surface area contributed by atoms with Crippen LogP contribution in [0.5, 0.6) is 0 Å². The minimum absolute atomic E-state index is 0.125. The van der Waals surface area contributed by atoms with Crippen LogP contribution in [0.1, 0.15) is 51.2 Å². The van der Waals surface area contributed by atoms with Gasteiger partial charge in [0, 0.05) is 24.7 Å². The van der Waals surface area contributed by atoms with Crippen molar-refractivity contribution in [1.29, 1.82) is 0 Å². The molecule has 0 spiro atoms. The molecule has 2 rings (SSSR count). The third-order valence-electron chi connectivity index (χ3n) is 5.47. The van der Waals surface area contributed by atoms with Gasteiger partial charge in [0.2, 0.25) is 11.8 Å². The first-order valence-electron chi connectivity index (χ1n) is 10.4. The number of carbonyl (C=O) groups is 3. The molecule has 1 heterocycles. The highest BCUT2D eigenvalue weighted by atomic mass is 16.5. The standard InChI is InChI=1S/C23H33NO5/c1-16(2)20-7-5-19(6-8-20)15-21(25)9-11-28-13-14-29-12-10-24-22(26)17(3)18(4)23(24)27/h5-8,16-18H,9-15H2,1-4H3. The molecule has 1 aliphatic heterocycles. The van der Waals surface area contributed by atoms with Gasteiger partial charge in [-0.25, -0.2) is 0 Å². The lowest BCUT2D eigenvalue weighted by Gasteiger charge is -2.14. The minimum Gasteiger partial charge on any atom is -0.379 e. The number of imide groups is 1. The second-order valence-corrected chi connectivity index (χ2v) is 7.99. The Balaban J connectivity index is 1.52. The molecule has 0 radical (unpaired) electrons. The van der Waals surface area contributed by atoms with Crippen molar-refractivity contribution < 1.29 is 23.9 Å². The topological polar surface area (TPSA) is 72.9 Å². The lowest BCUT2D eigenvalue weighted by Crippen LogP contribution is -2.34. The molecule has 1 fully saturated rings. The maximum absolute atomic E-state index is 12.0. The van der Waals surface area contributed by atoms with Gasteiger partial charge in [-0.3, -0.25) is 19.3 Å². The van der Waals surface area contributed by atoms with E-state index in [1.807, 2.05) is 12.1 Å². The highest BCUT2D eigenvalue weighted by molar-refractivity contribution is 6.04. The van der Waals surface area contributed by atoms with Gasteiger partial charge in [0.15, 0.2) is 0 Å². The van der Waals surface area contributed by atoms with E-state index in [0.29, 0.717) is 45.2 Å². The molecule has 1 saturated heterocycles. The third-order valence-corrected chi connectivity index (χ3v) is 5.47. The average Bonchev–Trinajstić information content (AvgIpc) is 2.87. The molecule has 2 unspecified atom stereocenters. The fraction of sp³-hybridized carbons (Fsp3) is 0.609. The molecule has 6 nitrogen and oxygen atoms in total. The van der Waals surface area contributed by atoms with Crippen LogP contribution in [-0.2, 0) is 30.3 Å². The van der Waals surface area contributed by atoms with Gasteiger partial charge in [-0.1, -0.05) is 52.0 Å². The van der Waals surface area contributed by atoms with Gasteiger partial charge in [0.1, 0.15) is 5.78 Å². The van der Waals surface area contributed by atoms with Crippen LogP contribution in [0, 0.1) is 11.8 Å². The van der Waals surface area contributed by atoms with Crippen molar-refractivity contribution in [1.82, 2.24) is 4.90 Å². The Hall–Kier alpha value is -2.05. The predicted octanol–water partition coefficient (Wildman–Crippen LogP) is 2.99. The van der Waals surface area contributed by atoms with E-state index in [1.165, 1.54) is 10.5 Å². The molecule has 2 amide bonds. The summed E-state index contributed by atoms with van der Waals surface area (Å²) < 4.78 is 10.9. The summed E-state index contributed by atoms with van der Waals surface area (Å²) in [7, 11) is 0. The fourth-order valence-electron chi connectivity index (χ4n) is 3.25. The normalized spacial score (nSPS) is 19.4. The molecule has 160 valence electrons. The average molecular weight is 404 g/mol. The van der Waals surface area contributed by atoms with Gasteiger partial charge in [-0.2, -0.15) is 0 Å². The number of ether oxygens (including phenoxy) is 2. The molecular weight excluding hydrogens is 370 g/mol. The summed E-state index contributed by atoms with van der Waals surface area (Å²) >= 11 is 0. The summed E-state index contributed by atoms with van der Waals surface area (Å²) in [4.78, 5) is 37.3. The number of rotatable bonds is 12.